The molecular formula is C7H6BrF2NO2. The van der Waals surface area contributed by atoms with E-state index in [0.717, 1.165) is 6.20 Å². The number of nitrogens with zero attached hydrogens (tertiary/aromatic N) is 1. The first kappa shape index (κ1) is 10.2. The van der Waals surface area contributed by atoms with Crippen LogP contribution >= 0.6 is 15.9 Å². The van der Waals surface area contributed by atoms with Gasteiger partial charge in [-0.25, -0.2) is 13.8 Å². The molecule has 0 fully saturated rings. The van der Waals surface area contributed by atoms with Gasteiger partial charge in [-0.1, -0.05) is 15.9 Å². The fraction of sp³-hybridized carbons (Fsp3) is 0.286. The third-order valence-corrected chi connectivity index (χ3v) is 2.06. The quantitative estimate of drug-likeness (QED) is 0.796. The zero-order chi connectivity index (χ0) is 10.0. The highest BCUT2D eigenvalue weighted by Gasteiger charge is 2.19. The molecular weight excluding hydrogens is 248 g/mol. The predicted octanol–water partition coefficient (Wildman–Crippen LogP) is 2.33. The molecule has 1 aromatic rings. The maximum Gasteiger partial charge on any atom is 0.284 e. The van der Waals surface area contributed by atoms with Gasteiger partial charge in [0.25, 0.3) is 6.43 Å². The number of rotatable bonds is 2. The lowest BCUT2D eigenvalue weighted by Crippen LogP contribution is -1.94. The molecule has 0 aliphatic rings. The Balaban J connectivity index is 3.27. The normalized spacial score (nSPS) is 10.8. The molecule has 1 rings (SSSR count). The molecule has 0 amide bonds. The summed E-state index contributed by atoms with van der Waals surface area (Å²) in [5.41, 5.74) is -0.697. The van der Waals surface area contributed by atoms with E-state index in [0.29, 0.717) is 0 Å². The van der Waals surface area contributed by atoms with E-state index in [1.807, 2.05) is 0 Å². The van der Waals surface area contributed by atoms with Crippen LogP contribution in [0.1, 0.15) is 17.7 Å². The molecule has 0 bridgehead atoms. The van der Waals surface area contributed by atoms with Crippen molar-refractivity contribution in [3.8, 4) is 11.5 Å². The van der Waals surface area contributed by atoms with Crippen molar-refractivity contribution in [3.63, 3.8) is 0 Å². The molecule has 0 spiro atoms. The summed E-state index contributed by atoms with van der Waals surface area (Å²) < 4.78 is 24.3. The molecule has 0 saturated heterocycles. The molecule has 1 aromatic heterocycles. The van der Waals surface area contributed by atoms with E-state index in [1.165, 1.54) is 0 Å². The Morgan fingerprint density at radius 1 is 1.46 bits per heavy atom. The van der Waals surface area contributed by atoms with Crippen molar-refractivity contribution in [2.45, 2.75) is 11.8 Å². The van der Waals surface area contributed by atoms with Crippen LogP contribution in [-0.4, -0.2) is 15.2 Å². The molecule has 0 unspecified atom stereocenters. The van der Waals surface area contributed by atoms with Gasteiger partial charge in [0.05, 0.1) is 6.20 Å². The third-order valence-electron chi connectivity index (χ3n) is 1.50. The van der Waals surface area contributed by atoms with Gasteiger partial charge in [0, 0.05) is 10.9 Å². The highest BCUT2D eigenvalue weighted by atomic mass is 79.9. The Morgan fingerprint density at radius 2 is 2.08 bits per heavy atom. The summed E-state index contributed by atoms with van der Waals surface area (Å²) in [5.74, 6) is -0.967. The van der Waals surface area contributed by atoms with Gasteiger partial charge in [0.2, 0.25) is 0 Å². The van der Waals surface area contributed by atoms with E-state index in [1.54, 1.807) is 0 Å². The van der Waals surface area contributed by atoms with Crippen molar-refractivity contribution in [1.29, 1.82) is 0 Å². The summed E-state index contributed by atoms with van der Waals surface area (Å²) in [6, 6.07) is 0. The Morgan fingerprint density at radius 3 is 2.54 bits per heavy atom. The lowest BCUT2D eigenvalue weighted by atomic mass is 10.2. The van der Waals surface area contributed by atoms with Gasteiger partial charge in [-0.05, 0) is 0 Å². The summed E-state index contributed by atoms with van der Waals surface area (Å²) in [4.78, 5) is 3.22. The Labute approximate surface area is 81.2 Å². The molecule has 0 aliphatic heterocycles. The largest absolute Gasteiger partial charge is 0.506 e. The van der Waals surface area contributed by atoms with Crippen molar-refractivity contribution in [2.75, 3.05) is 0 Å². The molecule has 0 saturated carbocycles. The average molecular weight is 254 g/mol. The minimum Gasteiger partial charge on any atom is -0.506 e. The highest BCUT2D eigenvalue weighted by Crippen LogP contribution is 2.35. The van der Waals surface area contributed by atoms with Crippen LogP contribution in [0.2, 0.25) is 0 Å². The number of alkyl halides is 3. The summed E-state index contributed by atoms with van der Waals surface area (Å²) in [7, 11) is 0. The lowest BCUT2D eigenvalue weighted by molar-refractivity contribution is 0.141. The molecule has 13 heavy (non-hydrogen) atoms. The summed E-state index contributed by atoms with van der Waals surface area (Å²) in [5, 5.41) is 18.4. The van der Waals surface area contributed by atoms with Crippen LogP contribution in [-0.2, 0) is 5.33 Å². The topological polar surface area (TPSA) is 53.4 Å². The van der Waals surface area contributed by atoms with Crippen LogP contribution in [0.25, 0.3) is 0 Å². The van der Waals surface area contributed by atoms with E-state index in [-0.39, 0.29) is 16.6 Å². The molecule has 3 nitrogen and oxygen atoms in total. The standard InChI is InChI=1S/C7H6BrF2NO2/c8-1-3-4(12)2-11-5(6(3)13)7(9)10/h2,7,12-13H,1H2. The van der Waals surface area contributed by atoms with Gasteiger partial charge in [0.1, 0.15) is 11.4 Å². The highest BCUT2D eigenvalue weighted by molar-refractivity contribution is 9.08. The van der Waals surface area contributed by atoms with Gasteiger partial charge in [0.15, 0.2) is 5.75 Å². The Bertz CT molecular complexity index is 320. The molecule has 0 aliphatic carbocycles. The second kappa shape index (κ2) is 3.87. The number of aromatic hydroxyl groups is 2. The van der Waals surface area contributed by atoms with Crippen LogP contribution in [0.3, 0.4) is 0 Å². The van der Waals surface area contributed by atoms with Crippen molar-refractivity contribution in [1.82, 2.24) is 4.98 Å². The van der Waals surface area contributed by atoms with Crippen LogP contribution in [0.5, 0.6) is 11.5 Å². The number of aromatic nitrogens is 1. The van der Waals surface area contributed by atoms with Crippen LogP contribution < -0.4 is 0 Å². The SMILES string of the molecule is Oc1cnc(C(F)F)c(O)c1CBr. The lowest BCUT2D eigenvalue weighted by Gasteiger charge is -2.07. The Hall–Kier alpha value is -0.910. The van der Waals surface area contributed by atoms with Gasteiger partial charge < -0.3 is 10.2 Å². The fourth-order valence-corrected chi connectivity index (χ4v) is 1.39. The number of hydrogen-bond acceptors (Lipinski definition) is 3. The summed E-state index contributed by atoms with van der Waals surface area (Å²) in [6.45, 7) is 0. The van der Waals surface area contributed by atoms with Crippen molar-refractivity contribution >= 4 is 15.9 Å². The van der Waals surface area contributed by atoms with E-state index in [9.17, 15) is 13.9 Å². The second-order valence-electron chi connectivity index (χ2n) is 2.29. The monoisotopic (exact) mass is 253 g/mol. The van der Waals surface area contributed by atoms with Crippen LogP contribution in [0, 0.1) is 0 Å². The minimum absolute atomic E-state index is 0.0188. The molecule has 6 heteroatoms. The van der Waals surface area contributed by atoms with E-state index in [2.05, 4.69) is 20.9 Å². The van der Waals surface area contributed by atoms with E-state index < -0.39 is 17.9 Å². The second-order valence-corrected chi connectivity index (χ2v) is 2.85. The maximum absolute atomic E-state index is 12.2. The number of pyridine rings is 1. The van der Waals surface area contributed by atoms with Crippen LogP contribution in [0.4, 0.5) is 8.78 Å². The summed E-state index contributed by atoms with van der Waals surface area (Å²) >= 11 is 2.95. The maximum atomic E-state index is 12.2. The molecule has 2 N–H and O–H groups in total. The van der Waals surface area contributed by atoms with Crippen molar-refractivity contribution in [3.05, 3.63) is 17.5 Å². The van der Waals surface area contributed by atoms with Crippen molar-refractivity contribution in [2.24, 2.45) is 0 Å². The van der Waals surface area contributed by atoms with Gasteiger partial charge in [-0.15, -0.1) is 0 Å². The fourth-order valence-electron chi connectivity index (χ4n) is 0.837. The molecule has 0 radical (unpaired) electrons. The first-order chi connectivity index (χ1) is 6.07. The molecule has 0 aromatic carbocycles. The molecule has 1 heterocycles. The van der Waals surface area contributed by atoms with Crippen LogP contribution in [0.15, 0.2) is 6.20 Å². The zero-order valence-corrected chi connectivity index (χ0v) is 7.92. The third kappa shape index (κ3) is 1.88. The van der Waals surface area contributed by atoms with Gasteiger partial charge >= 0.3 is 0 Å². The van der Waals surface area contributed by atoms with E-state index >= 15 is 0 Å². The first-order valence-electron chi connectivity index (χ1n) is 3.31. The molecule has 0 atom stereocenters. The number of halogens is 3. The molecule has 72 valence electrons. The van der Waals surface area contributed by atoms with Crippen molar-refractivity contribution < 1.29 is 19.0 Å². The summed E-state index contributed by atoms with van der Waals surface area (Å²) in [6.07, 6.45) is -1.96. The zero-order valence-electron chi connectivity index (χ0n) is 6.34. The van der Waals surface area contributed by atoms with Gasteiger partial charge in [-0.2, -0.15) is 0 Å². The average Bonchev–Trinajstić information content (AvgIpc) is 2.04. The van der Waals surface area contributed by atoms with E-state index in [4.69, 9.17) is 5.11 Å². The van der Waals surface area contributed by atoms with Gasteiger partial charge in [-0.3, -0.25) is 0 Å². The number of hydrogen-bond donors (Lipinski definition) is 2. The smallest absolute Gasteiger partial charge is 0.284 e. The minimum atomic E-state index is -2.85. The predicted molar refractivity (Wildman–Crippen MR) is 45.2 cm³/mol. The first-order valence-corrected chi connectivity index (χ1v) is 4.44. The Kier molecular flexibility index (Phi) is 3.02.